The molecule has 0 radical (unpaired) electrons. The van der Waals surface area contributed by atoms with Gasteiger partial charge in [0.2, 0.25) is 11.8 Å². The summed E-state index contributed by atoms with van der Waals surface area (Å²) >= 11 is 5.85. The van der Waals surface area contributed by atoms with Gasteiger partial charge in [-0.2, -0.15) is 13.2 Å². The lowest BCUT2D eigenvalue weighted by molar-refractivity contribution is -0.137. The highest BCUT2D eigenvalue weighted by Crippen LogP contribution is 2.33. The molecule has 0 saturated carbocycles. The van der Waals surface area contributed by atoms with E-state index in [0.717, 1.165) is 31.0 Å². The van der Waals surface area contributed by atoms with Crippen LogP contribution in [0, 0.1) is 0 Å². The highest BCUT2D eigenvalue weighted by molar-refractivity contribution is 6.33. The minimum atomic E-state index is -4.53. The lowest BCUT2D eigenvalue weighted by atomic mass is 10.2. The maximum atomic E-state index is 12.8. The van der Waals surface area contributed by atoms with Gasteiger partial charge in [0.1, 0.15) is 0 Å². The largest absolute Gasteiger partial charge is 0.416 e. The molecule has 0 aliphatic carbocycles. The molecule has 26 heavy (non-hydrogen) atoms. The SMILES string of the molecule is CC(=O)N(CCC(=O)Nc1cc(C(F)(F)F)ccc1Cl)CC1CCCO1. The van der Waals surface area contributed by atoms with Crippen molar-refractivity contribution in [1.29, 1.82) is 0 Å². The maximum absolute atomic E-state index is 12.8. The Hall–Kier alpha value is -1.80. The van der Waals surface area contributed by atoms with E-state index in [1.165, 1.54) is 11.8 Å². The van der Waals surface area contributed by atoms with E-state index in [4.69, 9.17) is 16.3 Å². The van der Waals surface area contributed by atoms with Crippen LogP contribution in [0.5, 0.6) is 0 Å². The molecule has 0 spiro atoms. The maximum Gasteiger partial charge on any atom is 0.416 e. The Morgan fingerprint density at radius 2 is 2.12 bits per heavy atom. The zero-order chi connectivity index (χ0) is 19.3. The van der Waals surface area contributed by atoms with Crippen LogP contribution in [0.25, 0.3) is 0 Å². The van der Waals surface area contributed by atoms with Crippen molar-refractivity contribution in [1.82, 2.24) is 4.90 Å². The number of hydrogen-bond acceptors (Lipinski definition) is 3. The van der Waals surface area contributed by atoms with E-state index < -0.39 is 17.6 Å². The first-order valence-electron chi connectivity index (χ1n) is 8.20. The number of carbonyl (C=O) groups excluding carboxylic acids is 2. The zero-order valence-corrected chi connectivity index (χ0v) is 15.0. The summed E-state index contributed by atoms with van der Waals surface area (Å²) in [6.45, 7) is 2.60. The fourth-order valence-corrected chi connectivity index (χ4v) is 2.82. The summed E-state index contributed by atoms with van der Waals surface area (Å²) < 4.78 is 43.8. The first-order chi connectivity index (χ1) is 12.2. The van der Waals surface area contributed by atoms with Gasteiger partial charge in [0.05, 0.1) is 22.4 Å². The van der Waals surface area contributed by atoms with Crippen molar-refractivity contribution < 1.29 is 27.5 Å². The Bertz CT molecular complexity index is 661. The molecule has 1 aromatic rings. The third-order valence-electron chi connectivity index (χ3n) is 4.07. The topological polar surface area (TPSA) is 58.6 Å². The molecular weight excluding hydrogens is 373 g/mol. The molecular formula is C17H20ClF3N2O3. The zero-order valence-electron chi connectivity index (χ0n) is 14.2. The second-order valence-electron chi connectivity index (χ2n) is 6.09. The quantitative estimate of drug-likeness (QED) is 0.802. The van der Waals surface area contributed by atoms with Gasteiger partial charge in [0, 0.05) is 33.0 Å². The normalized spacial score (nSPS) is 17.2. The molecule has 1 aliphatic heterocycles. The minimum absolute atomic E-state index is 0.00845. The standard InChI is InChI=1S/C17H20ClF3N2O3/c1-11(24)23(10-13-3-2-8-26-13)7-6-16(25)22-15-9-12(17(19,20)21)4-5-14(15)18/h4-5,9,13H,2-3,6-8,10H2,1H3,(H,22,25). The van der Waals surface area contributed by atoms with Crippen LogP contribution in [0.15, 0.2) is 18.2 Å². The molecule has 1 heterocycles. The number of nitrogens with one attached hydrogen (secondary N) is 1. The number of ether oxygens (including phenoxy) is 1. The molecule has 9 heteroatoms. The molecule has 1 aliphatic rings. The molecule has 0 aromatic heterocycles. The van der Waals surface area contributed by atoms with Crippen molar-refractivity contribution in [3.05, 3.63) is 28.8 Å². The first-order valence-corrected chi connectivity index (χ1v) is 8.58. The molecule has 144 valence electrons. The molecule has 2 rings (SSSR count). The lowest BCUT2D eigenvalue weighted by Crippen LogP contribution is -2.37. The number of anilines is 1. The summed E-state index contributed by atoms with van der Waals surface area (Å²) in [4.78, 5) is 25.3. The molecule has 0 bridgehead atoms. The average Bonchev–Trinajstić information content (AvgIpc) is 3.05. The van der Waals surface area contributed by atoms with Crippen LogP contribution >= 0.6 is 11.6 Å². The molecule has 1 N–H and O–H groups in total. The Morgan fingerprint density at radius 3 is 2.69 bits per heavy atom. The van der Waals surface area contributed by atoms with Gasteiger partial charge >= 0.3 is 6.18 Å². The van der Waals surface area contributed by atoms with Crippen LogP contribution in [-0.4, -0.2) is 42.5 Å². The Kier molecular flexibility index (Phi) is 6.88. The van der Waals surface area contributed by atoms with Crippen LogP contribution in [0.3, 0.4) is 0 Å². The molecule has 5 nitrogen and oxygen atoms in total. The summed E-state index contributed by atoms with van der Waals surface area (Å²) in [6, 6.07) is 2.71. The van der Waals surface area contributed by atoms with E-state index >= 15 is 0 Å². The van der Waals surface area contributed by atoms with Crippen LogP contribution in [-0.2, 0) is 20.5 Å². The van der Waals surface area contributed by atoms with Gasteiger partial charge in [-0.25, -0.2) is 0 Å². The molecule has 1 fully saturated rings. The third-order valence-corrected chi connectivity index (χ3v) is 4.40. The van der Waals surface area contributed by atoms with Crippen LogP contribution in [0.1, 0.15) is 31.7 Å². The van der Waals surface area contributed by atoms with E-state index in [-0.39, 0.29) is 35.7 Å². The predicted molar refractivity (Wildman–Crippen MR) is 90.9 cm³/mol. The smallest absolute Gasteiger partial charge is 0.376 e. The molecule has 1 unspecified atom stereocenters. The summed E-state index contributed by atoms with van der Waals surface area (Å²) in [5.74, 6) is -0.713. The molecule has 1 atom stereocenters. The average molecular weight is 393 g/mol. The fraction of sp³-hybridized carbons (Fsp3) is 0.529. The van der Waals surface area contributed by atoms with Gasteiger partial charge < -0.3 is 15.0 Å². The lowest BCUT2D eigenvalue weighted by Gasteiger charge is -2.24. The minimum Gasteiger partial charge on any atom is -0.376 e. The molecule has 2 amide bonds. The number of rotatable bonds is 6. The van der Waals surface area contributed by atoms with Gasteiger partial charge in [0.25, 0.3) is 0 Å². The van der Waals surface area contributed by atoms with E-state index in [1.807, 2.05) is 0 Å². The van der Waals surface area contributed by atoms with E-state index in [1.54, 1.807) is 0 Å². The fourth-order valence-electron chi connectivity index (χ4n) is 2.66. The number of carbonyl (C=O) groups is 2. The van der Waals surface area contributed by atoms with Crippen LogP contribution < -0.4 is 5.32 Å². The van der Waals surface area contributed by atoms with Crippen LogP contribution in [0.4, 0.5) is 18.9 Å². The van der Waals surface area contributed by atoms with Gasteiger partial charge in [-0.15, -0.1) is 0 Å². The molecule has 1 saturated heterocycles. The van der Waals surface area contributed by atoms with Crippen molar-refractivity contribution in [3.8, 4) is 0 Å². The highest BCUT2D eigenvalue weighted by Gasteiger charge is 2.31. The third kappa shape index (κ3) is 5.88. The van der Waals surface area contributed by atoms with Gasteiger partial charge in [-0.3, -0.25) is 9.59 Å². The van der Waals surface area contributed by atoms with Crippen molar-refractivity contribution >= 4 is 29.1 Å². The van der Waals surface area contributed by atoms with E-state index in [0.29, 0.717) is 13.2 Å². The monoisotopic (exact) mass is 392 g/mol. The Morgan fingerprint density at radius 1 is 1.38 bits per heavy atom. The number of halogens is 4. The Labute approximate surface area is 154 Å². The number of hydrogen-bond donors (Lipinski definition) is 1. The van der Waals surface area contributed by atoms with Gasteiger partial charge in [-0.05, 0) is 31.0 Å². The first kappa shape index (κ1) is 20.5. The summed E-state index contributed by atoms with van der Waals surface area (Å²) in [6.07, 6.45) is -2.84. The van der Waals surface area contributed by atoms with Crippen molar-refractivity contribution in [2.45, 2.75) is 38.5 Å². The van der Waals surface area contributed by atoms with Crippen LogP contribution in [0.2, 0.25) is 5.02 Å². The van der Waals surface area contributed by atoms with Crippen molar-refractivity contribution in [2.24, 2.45) is 0 Å². The number of alkyl halides is 3. The highest BCUT2D eigenvalue weighted by atomic mass is 35.5. The number of amides is 2. The predicted octanol–water partition coefficient (Wildman–Crippen LogP) is 3.71. The second kappa shape index (κ2) is 8.73. The van der Waals surface area contributed by atoms with Gasteiger partial charge in [0.15, 0.2) is 0 Å². The number of benzene rings is 1. The summed E-state index contributed by atoms with van der Waals surface area (Å²) in [5, 5.41) is 2.38. The Balaban J connectivity index is 1.94. The number of nitrogens with zero attached hydrogens (tertiary/aromatic N) is 1. The van der Waals surface area contributed by atoms with Gasteiger partial charge in [-0.1, -0.05) is 11.6 Å². The van der Waals surface area contributed by atoms with E-state index in [2.05, 4.69) is 5.32 Å². The molecule has 1 aromatic carbocycles. The second-order valence-corrected chi connectivity index (χ2v) is 6.50. The van der Waals surface area contributed by atoms with Crippen molar-refractivity contribution in [2.75, 3.05) is 25.0 Å². The van der Waals surface area contributed by atoms with E-state index in [9.17, 15) is 22.8 Å². The summed E-state index contributed by atoms with van der Waals surface area (Å²) in [7, 11) is 0. The summed E-state index contributed by atoms with van der Waals surface area (Å²) in [5.41, 5.74) is -1.01. The van der Waals surface area contributed by atoms with Crippen molar-refractivity contribution in [3.63, 3.8) is 0 Å².